The van der Waals surface area contributed by atoms with Crippen LogP contribution in [0.3, 0.4) is 0 Å². The van der Waals surface area contributed by atoms with Gasteiger partial charge in [0.15, 0.2) is 0 Å². The van der Waals surface area contributed by atoms with Crippen LogP contribution < -0.4 is 0 Å². The van der Waals surface area contributed by atoms with Crippen molar-refractivity contribution in [2.24, 2.45) is 11.8 Å². The third-order valence-corrected chi connectivity index (χ3v) is 7.60. The lowest BCUT2D eigenvalue weighted by Crippen LogP contribution is -2.05. The molecule has 0 aromatic carbocycles. The molecule has 0 aromatic rings. The molecular weight excluding hydrogens is 440 g/mol. The van der Waals surface area contributed by atoms with E-state index in [-0.39, 0.29) is 5.97 Å². The first-order valence-corrected chi connectivity index (χ1v) is 16.7. The van der Waals surface area contributed by atoms with E-state index in [0.29, 0.717) is 13.0 Å². The fourth-order valence-corrected chi connectivity index (χ4v) is 5.09. The summed E-state index contributed by atoms with van der Waals surface area (Å²) in [7, 11) is 0. The fourth-order valence-electron chi connectivity index (χ4n) is 5.09. The number of carbonyl (C=O) groups excluding carboxylic acids is 1. The van der Waals surface area contributed by atoms with Gasteiger partial charge in [0.1, 0.15) is 0 Å². The second-order valence-electron chi connectivity index (χ2n) is 12.5. The second-order valence-corrected chi connectivity index (χ2v) is 12.5. The van der Waals surface area contributed by atoms with Gasteiger partial charge >= 0.3 is 5.97 Å². The Labute approximate surface area is 228 Å². The average molecular weight is 509 g/mol. The number of hydrogen-bond donors (Lipinski definition) is 0. The Morgan fingerprint density at radius 3 is 1.03 bits per heavy atom. The number of rotatable bonds is 29. The van der Waals surface area contributed by atoms with Gasteiger partial charge in [-0.15, -0.1) is 0 Å². The molecule has 0 spiro atoms. The van der Waals surface area contributed by atoms with Crippen LogP contribution in [0.15, 0.2) is 0 Å². The Morgan fingerprint density at radius 1 is 0.417 bits per heavy atom. The minimum absolute atomic E-state index is 0.0244. The van der Waals surface area contributed by atoms with Gasteiger partial charge in [0.05, 0.1) is 6.61 Å². The van der Waals surface area contributed by atoms with Crippen molar-refractivity contribution in [3.63, 3.8) is 0 Å². The Hall–Kier alpha value is -0.530. The van der Waals surface area contributed by atoms with Gasteiger partial charge in [0, 0.05) is 6.42 Å². The molecule has 36 heavy (non-hydrogen) atoms. The summed E-state index contributed by atoms with van der Waals surface area (Å²) in [6.45, 7) is 9.93. The third-order valence-electron chi connectivity index (χ3n) is 7.60. The van der Waals surface area contributed by atoms with E-state index >= 15 is 0 Å². The standard InChI is InChI=1S/C34H68O2/c1-32(2)28-24-20-16-12-8-6-5-7-11-15-19-23-27-31-36-34(35)30-26-22-18-14-10-9-13-17-21-25-29-33(3)4/h32-33H,5-31H2,1-4H3. The number of hydrogen-bond acceptors (Lipinski definition) is 2. The Kier molecular flexibility index (Phi) is 28.6. The first-order valence-electron chi connectivity index (χ1n) is 16.7. The maximum atomic E-state index is 11.9. The Balaban J connectivity index is 3.16. The largest absolute Gasteiger partial charge is 0.466 e. The average Bonchev–Trinajstić information content (AvgIpc) is 2.84. The van der Waals surface area contributed by atoms with E-state index in [0.717, 1.165) is 24.7 Å². The van der Waals surface area contributed by atoms with E-state index < -0.39 is 0 Å². The van der Waals surface area contributed by atoms with Crippen LogP contribution >= 0.6 is 0 Å². The number of carbonyl (C=O) groups is 1. The molecule has 0 N–H and O–H groups in total. The highest BCUT2D eigenvalue weighted by atomic mass is 16.5. The van der Waals surface area contributed by atoms with Gasteiger partial charge < -0.3 is 4.74 Å². The molecule has 0 fully saturated rings. The van der Waals surface area contributed by atoms with E-state index in [1.807, 2.05) is 0 Å². The molecule has 0 saturated heterocycles. The molecule has 0 bridgehead atoms. The summed E-state index contributed by atoms with van der Waals surface area (Å²) >= 11 is 0. The van der Waals surface area contributed by atoms with Crippen LogP contribution in [-0.4, -0.2) is 12.6 Å². The summed E-state index contributed by atoms with van der Waals surface area (Å²) in [5.41, 5.74) is 0. The topological polar surface area (TPSA) is 26.3 Å². The second kappa shape index (κ2) is 29.0. The SMILES string of the molecule is CC(C)CCCCCCCCCCCCCCCOC(=O)CCCCCCCCCCCCC(C)C. The van der Waals surface area contributed by atoms with Crippen LogP contribution in [0.2, 0.25) is 0 Å². The highest BCUT2D eigenvalue weighted by Crippen LogP contribution is 2.15. The molecule has 0 saturated carbocycles. The van der Waals surface area contributed by atoms with Gasteiger partial charge in [-0.25, -0.2) is 0 Å². The lowest BCUT2D eigenvalue weighted by Gasteiger charge is -2.06. The van der Waals surface area contributed by atoms with Gasteiger partial charge in [-0.05, 0) is 24.7 Å². The molecular formula is C34H68O2. The minimum atomic E-state index is 0.0244. The summed E-state index contributed by atoms with van der Waals surface area (Å²) in [6, 6.07) is 0. The van der Waals surface area contributed by atoms with Crippen LogP contribution in [0, 0.1) is 11.8 Å². The lowest BCUT2D eigenvalue weighted by molar-refractivity contribution is -0.143. The summed E-state index contributed by atoms with van der Waals surface area (Å²) in [5, 5.41) is 0. The molecule has 0 aromatic heterocycles. The van der Waals surface area contributed by atoms with E-state index in [4.69, 9.17) is 4.74 Å². The van der Waals surface area contributed by atoms with Crippen LogP contribution in [0.1, 0.15) is 195 Å². The van der Waals surface area contributed by atoms with Crippen molar-refractivity contribution in [2.45, 2.75) is 195 Å². The molecule has 0 aliphatic rings. The van der Waals surface area contributed by atoms with Crippen molar-refractivity contribution in [1.29, 1.82) is 0 Å². The number of ether oxygens (including phenoxy) is 1. The van der Waals surface area contributed by atoms with Gasteiger partial charge in [0.2, 0.25) is 0 Å². The molecule has 0 amide bonds. The maximum Gasteiger partial charge on any atom is 0.305 e. The van der Waals surface area contributed by atoms with Crippen molar-refractivity contribution < 1.29 is 9.53 Å². The van der Waals surface area contributed by atoms with Crippen LogP contribution in [0.25, 0.3) is 0 Å². The van der Waals surface area contributed by atoms with E-state index in [2.05, 4.69) is 27.7 Å². The monoisotopic (exact) mass is 509 g/mol. The zero-order valence-electron chi connectivity index (χ0n) is 25.6. The third kappa shape index (κ3) is 31.5. The molecule has 0 aliphatic carbocycles. The smallest absolute Gasteiger partial charge is 0.305 e. The van der Waals surface area contributed by atoms with Crippen molar-refractivity contribution in [1.82, 2.24) is 0 Å². The number of unbranched alkanes of at least 4 members (excludes halogenated alkanes) is 21. The van der Waals surface area contributed by atoms with Gasteiger partial charge in [0.25, 0.3) is 0 Å². The zero-order valence-corrected chi connectivity index (χ0v) is 25.6. The minimum Gasteiger partial charge on any atom is -0.466 e. The Bertz CT molecular complexity index is 429. The van der Waals surface area contributed by atoms with Crippen molar-refractivity contribution in [2.75, 3.05) is 6.61 Å². The van der Waals surface area contributed by atoms with Gasteiger partial charge in [-0.2, -0.15) is 0 Å². The first-order chi connectivity index (χ1) is 17.5. The normalized spacial score (nSPS) is 11.6. The molecule has 0 radical (unpaired) electrons. The molecule has 0 heterocycles. The lowest BCUT2D eigenvalue weighted by atomic mass is 10.0. The molecule has 216 valence electrons. The maximum absolute atomic E-state index is 11.9. The van der Waals surface area contributed by atoms with E-state index in [9.17, 15) is 4.79 Å². The highest BCUT2D eigenvalue weighted by molar-refractivity contribution is 5.69. The summed E-state index contributed by atoms with van der Waals surface area (Å²) in [4.78, 5) is 11.9. The van der Waals surface area contributed by atoms with Crippen LogP contribution in [0.4, 0.5) is 0 Å². The van der Waals surface area contributed by atoms with Gasteiger partial charge in [-0.1, -0.05) is 175 Å². The highest BCUT2D eigenvalue weighted by Gasteiger charge is 2.03. The van der Waals surface area contributed by atoms with Gasteiger partial charge in [-0.3, -0.25) is 4.79 Å². The molecule has 2 heteroatoms. The van der Waals surface area contributed by atoms with Crippen molar-refractivity contribution in [3.8, 4) is 0 Å². The van der Waals surface area contributed by atoms with E-state index in [1.165, 1.54) is 148 Å². The van der Waals surface area contributed by atoms with Crippen LogP contribution in [-0.2, 0) is 9.53 Å². The molecule has 0 rings (SSSR count). The molecule has 2 nitrogen and oxygen atoms in total. The van der Waals surface area contributed by atoms with Crippen molar-refractivity contribution in [3.05, 3.63) is 0 Å². The van der Waals surface area contributed by atoms with E-state index in [1.54, 1.807) is 0 Å². The molecule has 0 unspecified atom stereocenters. The van der Waals surface area contributed by atoms with Crippen LogP contribution in [0.5, 0.6) is 0 Å². The Morgan fingerprint density at radius 2 is 0.694 bits per heavy atom. The number of esters is 1. The predicted molar refractivity (Wildman–Crippen MR) is 161 cm³/mol. The summed E-state index contributed by atoms with van der Waals surface area (Å²) in [5.74, 6) is 1.76. The first kappa shape index (κ1) is 35.5. The molecule has 0 aliphatic heterocycles. The quantitative estimate of drug-likeness (QED) is 0.0741. The summed E-state index contributed by atoms with van der Waals surface area (Å²) in [6.07, 6.45) is 34.3. The molecule has 0 atom stereocenters. The zero-order chi connectivity index (χ0) is 26.5. The van der Waals surface area contributed by atoms with Crippen molar-refractivity contribution >= 4 is 5.97 Å². The predicted octanol–water partition coefficient (Wildman–Crippen LogP) is 12.0. The summed E-state index contributed by atoms with van der Waals surface area (Å²) < 4.78 is 5.43. The fraction of sp³-hybridized carbons (Fsp3) is 0.971.